The van der Waals surface area contributed by atoms with Crippen molar-refractivity contribution in [2.45, 2.75) is 12.5 Å². The number of hydrogen-bond donors (Lipinski definition) is 1. The monoisotopic (exact) mass is 272 g/mol. The first kappa shape index (κ1) is 13.1. The summed E-state index contributed by atoms with van der Waals surface area (Å²) >= 11 is 0. The van der Waals surface area contributed by atoms with Crippen molar-refractivity contribution in [1.82, 2.24) is 4.98 Å². The minimum absolute atomic E-state index is 0.130. The van der Waals surface area contributed by atoms with Crippen LogP contribution in [0.5, 0.6) is 0 Å². The molecule has 2 atom stereocenters. The van der Waals surface area contributed by atoms with Crippen molar-refractivity contribution in [2.75, 3.05) is 18.0 Å². The number of benzene rings is 1. The number of nitrogens with zero attached hydrogens (tertiary/aromatic N) is 2. The zero-order valence-electron chi connectivity index (χ0n) is 11.1. The largest absolute Gasteiger partial charge is 0.391 e. The minimum atomic E-state index is -0.428. The number of aliphatic hydroxyl groups excluding tert-OH is 1. The van der Waals surface area contributed by atoms with Crippen molar-refractivity contribution in [3.8, 4) is 0 Å². The van der Waals surface area contributed by atoms with Crippen LogP contribution in [0.2, 0.25) is 0 Å². The first-order chi connectivity index (χ1) is 9.74. The predicted octanol–water partition coefficient (Wildman–Crippen LogP) is 2.26. The van der Waals surface area contributed by atoms with Crippen molar-refractivity contribution in [1.29, 1.82) is 0 Å². The molecule has 0 radical (unpaired) electrons. The van der Waals surface area contributed by atoms with Crippen LogP contribution in [0.4, 0.5) is 10.1 Å². The van der Waals surface area contributed by atoms with Crippen LogP contribution < -0.4 is 4.90 Å². The molecule has 1 aromatic heterocycles. The highest BCUT2D eigenvalue weighted by atomic mass is 19.1. The predicted molar refractivity (Wildman–Crippen MR) is 76.1 cm³/mol. The minimum Gasteiger partial charge on any atom is -0.391 e. The Morgan fingerprint density at radius 3 is 2.75 bits per heavy atom. The number of aliphatic hydroxyl groups is 1. The van der Waals surface area contributed by atoms with E-state index in [1.807, 2.05) is 23.1 Å². The number of halogens is 1. The summed E-state index contributed by atoms with van der Waals surface area (Å²) in [6, 6.07) is 11.7. The highest BCUT2D eigenvalue weighted by molar-refractivity contribution is 5.47. The normalized spacial score (nSPS) is 22.2. The van der Waals surface area contributed by atoms with E-state index in [2.05, 4.69) is 17.1 Å². The molecule has 104 valence electrons. The van der Waals surface area contributed by atoms with Gasteiger partial charge < -0.3 is 10.0 Å². The van der Waals surface area contributed by atoms with E-state index in [1.54, 1.807) is 12.3 Å². The molecule has 3 nitrogen and oxygen atoms in total. The summed E-state index contributed by atoms with van der Waals surface area (Å²) in [5.41, 5.74) is 1.73. The first-order valence-corrected chi connectivity index (χ1v) is 6.80. The summed E-state index contributed by atoms with van der Waals surface area (Å²) in [4.78, 5) is 5.66. The molecule has 0 saturated carbocycles. The van der Waals surface area contributed by atoms with E-state index in [0.717, 1.165) is 6.42 Å². The fourth-order valence-corrected chi connectivity index (χ4v) is 2.79. The summed E-state index contributed by atoms with van der Waals surface area (Å²) in [7, 11) is 0. The molecule has 0 unspecified atom stereocenters. The molecule has 4 heteroatoms. The Bertz CT molecular complexity index is 576. The van der Waals surface area contributed by atoms with Gasteiger partial charge >= 0.3 is 0 Å². The van der Waals surface area contributed by atoms with Crippen molar-refractivity contribution in [3.05, 3.63) is 60.2 Å². The Hall–Kier alpha value is -1.94. The Morgan fingerprint density at radius 1 is 1.20 bits per heavy atom. The lowest BCUT2D eigenvalue weighted by molar-refractivity contribution is 0.148. The van der Waals surface area contributed by atoms with E-state index in [1.165, 1.54) is 11.8 Å². The van der Waals surface area contributed by atoms with Gasteiger partial charge in [-0.05, 0) is 18.1 Å². The molecule has 1 N–H and O–H groups in total. The van der Waals surface area contributed by atoms with Gasteiger partial charge in [-0.2, -0.15) is 0 Å². The molecular weight excluding hydrogens is 255 g/mol. The van der Waals surface area contributed by atoms with Crippen molar-refractivity contribution in [2.24, 2.45) is 5.92 Å². The standard InChI is InChI=1S/C16H17FN2O/c17-14-9-18-7-6-15(14)19-10-13(16(20)11-19)8-12-4-2-1-3-5-12/h1-7,9,13,16,20H,8,10-11H2/t13-,16-/m1/s1. The van der Waals surface area contributed by atoms with Crippen LogP contribution in [0.15, 0.2) is 48.8 Å². The molecule has 2 aromatic rings. The van der Waals surface area contributed by atoms with Crippen LogP contribution >= 0.6 is 0 Å². The maximum atomic E-state index is 13.7. The van der Waals surface area contributed by atoms with Crippen LogP contribution in [-0.4, -0.2) is 29.3 Å². The van der Waals surface area contributed by atoms with E-state index in [0.29, 0.717) is 18.8 Å². The molecule has 1 fully saturated rings. The van der Waals surface area contributed by atoms with Gasteiger partial charge in [0.2, 0.25) is 0 Å². The number of rotatable bonds is 3. The molecule has 0 aliphatic carbocycles. The second-order valence-corrected chi connectivity index (χ2v) is 5.25. The van der Waals surface area contributed by atoms with Crippen molar-refractivity contribution < 1.29 is 9.50 Å². The zero-order valence-corrected chi connectivity index (χ0v) is 11.1. The maximum absolute atomic E-state index is 13.7. The third kappa shape index (κ3) is 2.65. The average Bonchev–Trinajstić information content (AvgIpc) is 2.81. The Kier molecular flexibility index (Phi) is 3.65. The van der Waals surface area contributed by atoms with Gasteiger partial charge in [0.25, 0.3) is 0 Å². The molecule has 1 aliphatic heterocycles. The molecule has 1 aromatic carbocycles. The average molecular weight is 272 g/mol. The fourth-order valence-electron chi connectivity index (χ4n) is 2.79. The van der Waals surface area contributed by atoms with E-state index < -0.39 is 6.10 Å². The van der Waals surface area contributed by atoms with Crippen LogP contribution in [0, 0.1) is 11.7 Å². The topological polar surface area (TPSA) is 36.4 Å². The third-order valence-corrected chi connectivity index (χ3v) is 3.84. The quantitative estimate of drug-likeness (QED) is 0.931. The van der Waals surface area contributed by atoms with Gasteiger partial charge in [-0.25, -0.2) is 4.39 Å². The number of β-amino-alcohol motifs (C(OH)–C–C–N with tert-alkyl or cyclic N) is 1. The zero-order chi connectivity index (χ0) is 13.9. The van der Waals surface area contributed by atoms with Gasteiger partial charge in [0.15, 0.2) is 5.82 Å². The summed E-state index contributed by atoms with van der Waals surface area (Å²) in [6.07, 6.45) is 3.18. The second-order valence-electron chi connectivity index (χ2n) is 5.25. The van der Waals surface area contributed by atoms with Gasteiger partial charge in [0.1, 0.15) is 0 Å². The molecule has 2 heterocycles. The second kappa shape index (κ2) is 5.59. The number of hydrogen-bond acceptors (Lipinski definition) is 3. The van der Waals surface area contributed by atoms with Crippen molar-refractivity contribution in [3.63, 3.8) is 0 Å². The SMILES string of the molecule is O[C@@H]1CN(c2ccncc2F)C[C@H]1Cc1ccccc1. The summed E-state index contributed by atoms with van der Waals surface area (Å²) in [5.74, 6) is -0.204. The Morgan fingerprint density at radius 2 is 2.00 bits per heavy atom. The Balaban J connectivity index is 1.73. The summed E-state index contributed by atoms with van der Waals surface area (Å²) in [6.45, 7) is 1.13. The Labute approximate surface area is 117 Å². The highest BCUT2D eigenvalue weighted by Gasteiger charge is 2.32. The molecule has 1 aliphatic rings. The molecule has 0 spiro atoms. The molecule has 1 saturated heterocycles. The smallest absolute Gasteiger partial charge is 0.164 e. The summed E-state index contributed by atoms with van der Waals surface area (Å²) < 4.78 is 13.7. The third-order valence-electron chi connectivity index (χ3n) is 3.84. The van der Waals surface area contributed by atoms with Gasteiger partial charge in [-0.1, -0.05) is 30.3 Å². The lowest BCUT2D eigenvalue weighted by Gasteiger charge is -2.18. The van der Waals surface area contributed by atoms with Gasteiger partial charge in [0.05, 0.1) is 18.0 Å². The molecule has 0 bridgehead atoms. The lowest BCUT2D eigenvalue weighted by atomic mass is 9.97. The van der Waals surface area contributed by atoms with Crippen LogP contribution in [0.1, 0.15) is 5.56 Å². The van der Waals surface area contributed by atoms with Crippen LogP contribution in [-0.2, 0) is 6.42 Å². The van der Waals surface area contributed by atoms with E-state index >= 15 is 0 Å². The van der Waals surface area contributed by atoms with Gasteiger partial charge in [-0.15, -0.1) is 0 Å². The molecule has 0 amide bonds. The molecule has 20 heavy (non-hydrogen) atoms. The molecular formula is C16H17FN2O. The van der Waals surface area contributed by atoms with E-state index in [-0.39, 0.29) is 11.7 Å². The van der Waals surface area contributed by atoms with E-state index in [9.17, 15) is 9.50 Å². The first-order valence-electron chi connectivity index (χ1n) is 6.80. The number of anilines is 1. The van der Waals surface area contributed by atoms with Crippen molar-refractivity contribution >= 4 is 5.69 Å². The summed E-state index contributed by atoms with van der Waals surface area (Å²) in [5, 5.41) is 10.2. The van der Waals surface area contributed by atoms with Crippen LogP contribution in [0.3, 0.4) is 0 Å². The van der Waals surface area contributed by atoms with Gasteiger partial charge in [0, 0.05) is 25.2 Å². The van der Waals surface area contributed by atoms with Crippen LogP contribution in [0.25, 0.3) is 0 Å². The fraction of sp³-hybridized carbons (Fsp3) is 0.312. The maximum Gasteiger partial charge on any atom is 0.164 e. The lowest BCUT2D eigenvalue weighted by Crippen LogP contribution is -2.22. The number of aromatic nitrogens is 1. The highest BCUT2D eigenvalue weighted by Crippen LogP contribution is 2.27. The molecule has 3 rings (SSSR count). The number of pyridine rings is 1. The van der Waals surface area contributed by atoms with E-state index in [4.69, 9.17) is 0 Å². The van der Waals surface area contributed by atoms with Gasteiger partial charge in [-0.3, -0.25) is 4.98 Å².